The van der Waals surface area contributed by atoms with E-state index >= 15 is 0 Å². The second-order valence-electron chi connectivity index (χ2n) is 4.26. The van der Waals surface area contributed by atoms with Crippen LogP contribution in [0.25, 0.3) is 0 Å². The van der Waals surface area contributed by atoms with E-state index < -0.39 is 23.5 Å². The fourth-order valence-electron chi connectivity index (χ4n) is 1.56. The number of carbonyl (C=O) groups is 1. The Kier molecular flexibility index (Phi) is 4.72. The van der Waals surface area contributed by atoms with Crippen molar-refractivity contribution in [3.8, 4) is 11.8 Å². The van der Waals surface area contributed by atoms with E-state index in [0.29, 0.717) is 5.69 Å². The van der Waals surface area contributed by atoms with E-state index in [4.69, 9.17) is 38.4 Å². The zero-order chi connectivity index (χ0) is 16.4. The van der Waals surface area contributed by atoms with Crippen molar-refractivity contribution >= 4 is 34.9 Å². The number of nitrogen functional groups attached to an aromatic ring is 1. The summed E-state index contributed by atoms with van der Waals surface area (Å²) in [6.07, 6.45) is 0. The summed E-state index contributed by atoms with van der Waals surface area (Å²) in [7, 11) is 1.62. The third-order valence-electron chi connectivity index (χ3n) is 2.55. The number of aryl methyl sites for hydroxylation is 2. The number of anilines is 1. The number of hydrogen-bond donors (Lipinski definition) is 1. The fraction of sp³-hybridized carbons (Fsp3) is 0.250. The second kappa shape index (κ2) is 6.37. The summed E-state index contributed by atoms with van der Waals surface area (Å²) in [5.41, 5.74) is 5.95. The first-order valence-electron chi connectivity index (χ1n) is 5.93. The summed E-state index contributed by atoms with van der Waals surface area (Å²) < 4.78 is 24.8. The fourth-order valence-corrected chi connectivity index (χ4v) is 1.94. The van der Waals surface area contributed by atoms with Crippen LogP contribution >= 0.6 is 23.2 Å². The predicted octanol–water partition coefficient (Wildman–Crippen LogP) is 2.14. The highest BCUT2D eigenvalue weighted by molar-refractivity contribution is 6.39. The van der Waals surface area contributed by atoms with Gasteiger partial charge in [-0.25, -0.2) is 9.48 Å². The van der Waals surface area contributed by atoms with Gasteiger partial charge in [0.1, 0.15) is 10.0 Å². The van der Waals surface area contributed by atoms with Gasteiger partial charge in [0.05, 0.1) is 11.4 Å². The van der Waals surface area contributed by atoms with Crippen LogP contribution in [-0.2, 0) is 11.8 Å². The molecule has 2 heterocycles. The van der Waals surface area contributed by atoms with E-state index in [0.717, 1.165) is 0 Å². The molecule has 10 heteroatoms. The SMILES string of the molecule is Cc1cc(OC(=O)COc2nc(F)c(Cl)c(N)c2Cl)n(C)n1. The van der Waals surface area contributed by atoms with Gasteiger partial charge in [-0.15, -0.1) is 0 Å². The van der Waals surface area contributed by atoms with Gasteiger partial charge in [-0.05, 0) is 6.92 Å². The summed E-state index contributed by atoms with van der Waals surface area (Å²) in [6, 6.07) is 1.57. The van der Waals surface area contributed by atoms with Crippen molar-refractivity contribution in [1.82, 2.24) is 14.8 Å². The molecule has 2 N–H and O–H groups in total. The number of halogens is 3. The van der Waals surface area contributed by atoms with Crippen molar-refractivity contribution in [2.75, 3.05) is 12.3 Å². The molecule has 2 rings (SSSR count). The summed E-state index contributed by atoms with van der Waals surface area (Å²) in [4.78, 5) is 15.1. The molecule has 0 aromatic carbocycles. The van der Waals surface area contributed by atoms with Gasteiger partial charge in [0.25, 0.3) is 0 Å². The van der Waals surface area contributed by atoms with Gasteiger partial charge < -0.3 is 15.2 Å². The van der Waals surface area contributed by atoms with Crippen LogP contribution in [0.1, 0.15) is 5.69 Å². The number of esters is 1. The third kappa shape index (κ3) is 3.40. The Bertz CT molecular complexity index is 736. The van der Waals surface area contributed by atoms with E-state index in [1.54, 1.807) is 20.0 Å². The average molecular weight is 349 g/mol. The molecule has 7 nitrogen and oxygen atoms in total. The van der Waals surface area contributed by atoms with Gasteiger partial charge in [-0.2, -0.15) is 14.5 Å². The van der Waals surface area contributed by atoms with Crippen LogP contribution in [0.15, 0.2) is 6.07 Å². The number of hydrogen-bond acceptors (Lipinski definition) is 6. The molecule has 0 unspecified atom stereocenters. The maximum absolute atomic E-state index is 13.4. The van der Waals surface area contributed by atoms with Gasteiger partial charge in [-0.1, -0.05) is 23.2 Å². The Hall–Kier alpha value is -2.06. The highest BCUT2D eigenvalue weighted by Gasteiger charge is 2.18. The number of rotatable bonds is 4. The lowest BCUT2D eigenvalue weighted by atomic mass is 10.4. The van der Waals surface area contributed by atoms with Crippen LogP contribution in [0.2, 0.25) is 10.0 Å². The molecule has 0 aliphatic rings. The molecule has 22 heavy (non-hydrogen) atoms. The molecule has 0 aliphatic carbocycles. The number of ether oxygens (including phenoxy) is 2. The minimum Gasteiger partial charge on any atom is -0.464 e. The Balaban J connectivity index is 2.04. The van der Waals surface area contributed by atoms with Crippen molar-refractivity contribution in [2.24, 2.45) is 7.05 Å². The molecule has 118 valence electrons. The Morgan fingerprint density at radius 3 is 2.73 bits per heavy atom. The minimum atomic E-state index is -1.05. The Labute approximate surface area is 134 Å². The van der Waals surface area contributed by atoms with Crippen LogP contribution in [0.4, 0.5) is 10.1 Å². The smallest absolute Gasteiger partial charge is 0.350 e. The first-order valence-corrected chi connectivity index (χ1v) is 6.69. The van der Waals surface area contributed by atoms with Crippen molar-refractivity contribution < 1.29 is 18.7 Å². The number of pyridine rings is 1. The summed E-state index contributed by atoms with van der Waals surface area (Å²) in [5.74, 6) is -1.89. The van der Waals surface area contributed by atoms with Gasteiger partial charge in [-0.3, -0.25) is 0 Å². The van der Waals surface area contributed by atoms with Crippen molar-refractivity contribution in [3.63, 3.8) is 0 Å². The lowest BCUT2D eigenvalue weighted by molar-refractivity contribution is -0.137. The summed E-state index contributed by atoms with van der Waals surface area (Å²) >= 11 is 11.4. The lowest BCUT2D eigenvalue weighted by Gasteiger charge is -2.09. The van der Waals surface area contributed by atoms with Crippen molar-refractivity contribution in [3.05, 3.63) is 27.8 Å². The lowest BCUT2D eigenvalue weighted by Crippen LogP contribution is -2.19. The van der Waals surface area contributed by atoms with Gasteiger partial charge in [0.2, 0.25) is 17.7 Å². The van der Waals surface area contributed by atoms with E-state index in [2.05, 4.69) is 10.1 Å². The molecule has 0 atom stereocenters. The second-order valence-corrected chi connectivity index (χ2v) is 5.02. The molecule has 0 saturated carbocycles. The molecule has 2 aromatic heterocycles. The molecule has 0 radical (unpaired) electrons. The largest absolute Gasteiger partial charge is 0.464 e. The molecule has 0 fully saturated rings. The zero-order valence-corrected chi connectivity index (χ0v) is 13.1. The molecular formula is C12H11Cl2FN4O3. The maximum atomic E-state index is 13.4. The molecule has 0 amide bonds. The van der Waals surface area contributed by atoms with Crippen molar-refractivity contribution in [1.29, 1.82) is 0 Å². The van der Waals surface area contributed by atoms with Crippen LogP contribution in [0.5, 0.6) is 11.8 Å². The van der Waals surface area contributed by atoms with Crippen LogP contribution in [0.3, 0.4) is 0 Å². The Morgan fingerprint density at radius 2 is 2.14 bits per heavy atom. The molecule has 2 aromatic rings. The van der Waals surface area contributed by atoms with Crippen LogP contribution in [-0.4, -0.2) is 27.3 Å². The normalized spacial score (nSPS) is 10.6. The highest BCUT2D eigenvalue weighted by atomic mass is 35.5. The molecular weight excluding hydrogens is 338 g/mol. The summed E-state index contributed by atoms with van der Waals surface area (Å²) in [5, 5.41) is 3.42. The first kappa shape index (κ1) is 16.3. The first-order chi connectivity index (χ1) is 10.3. The summed E-state index contributed by atoms with van der Waals surface area (Å²) in [6.45, 7) is 1.20. The number of aromatic nitrogens is 3. The topological polar surface area (TPSA) is 92.3 Å². The van der Waals surface area contributed by atoms with Crippen LogP contribution in [0, 0.1) is 12.9 Å². The van der Waals surface area contributed by atoms with E-state index in [1.807, 2.05) is 0 Å². The Morgan fingerprint density at radius 1 is 1.45 bits per heavy atom. The third-order valence-corrected chi connectivity index (χ3v) is 3.27. The molecule has 0 aliphatic heterocycles. The average Bonchev–Trinajstić information content (AvgIpc) is 2.77. The standard InChI is InChI=1S/C12H11Cl2FN4O3/c1-5-3-6(19(2)18-5)22-7(20)4-21-12-9(14)10(16)8(13)11(15)17-12/h3H,4H2,1-2H3,(H2,16,17). The van der Waals surface area contributed by atoms with E-state index in [1.165, 1.54) is 4.68 Å². The molecule has 0 spiro atoms. The zero-order valence-electron chi connectivity index (χ0n) is 11.6. The molecule has 0 saturated heterocycles. The van der Waals surface area contributed by atoms with Gasteiger partial charge >= 0.3 is 5.97 Å². The number of nitrogens with two attached hydrogens (primary N) is 1. The minimum absolute atomic E-state index is 0.185. The highest BCUT2D eigenvalue weighted by Crippen LogP contribution is 2.35. The van der Waals surface area contributed by atoms with E-state index in [-0.39, 0.29) is 22.5 Å². The van der Waals surface area contributed by atoms with Gasteiger partial charge in [0.15, 0.2) is 6.61 Å². The number of nitrogens with zero attached hydrogens (tertiary/aromatic N) is 3. The van der Waals surface area contributed by atoms with Gasteiger partial charge in [0, 0.05) is 13.1 Å². The van der Waals surface area contributed by atoms with Crippen molar-refractivity contribution in [2.45, 2.75) is 6.92 Å². The predicted molar refractivity (Wildman–Crippen MR) is 77.7 cm³/mol. The quantitative estimate of drug-likeness (QED) is 0.672. The number of carbonyl (C=O) groups excluding carboxylic acids is 1. The molecule has 0 bridgehead atoms. The van der Waals surface area contributed by atoms with E-state index in [9.17, 15) is 9.18 Å². The maximum Gasteiger partial charge on any atom is 0.350 e. The van der Waals surface area contributed by atoms with Crippen LogP contribution < -0.4 is 15.2 Å². The monoisotopic (exact) mass is 348 g/mol.